The van der Waals surface area contributed by atoms with Crippen molar-refractivity contribution in [2.45, 2.75) is 38.1 Å². The fourth-order valence-corrected chi connectivity index (χ4v) is 2.56. The molecule has 1 aromatic heterocycles. The average Bonchev–Trinajstić information content (AvgIpc) is 2.33. The maximum atomic E-state index is 11.4. The highest BCUT2D eigenvalue weighted by Crippen LogP contribution is 2.35. The molecular formula is C13H17N3O3. The van der Waals surface area contributed by atoms with E-state index in [2.05, 4.69) is 9.97 Å². The zero-order valence-electron chi connectivity index (χ0n) is 10.9. The molecule has 1 fully saturated rings. The highest BCUT2D eigenvalue weighted by Gasteiger charge is 2.52. The lowest BCUT2D eigenvalue weighted by molar-refractivity contribution is -0.170. The standard InChI is InChI=1S/C13H17N3O3/c1-10(17)16-8-5-13(16,12(18)19)4-2-3-11-9-14-6-7-15-11/h6-7,9H,2-5,8H2,1H3,(H,18,19)/t13-/m0/s1. The van der Waals surface area contributed by atoms with Crippen molar-refractivity contribution in [3.05, 3.63) is 24.3 Å². The Morgan fingerprint density at radius 2 is 2.26 bits per heavy atom. The lowest BCUT2D eigenvalue weighted by atomic mass is 9.80. The molecule has 0 spiro atoms. The second-order valence-electron chi connectivity index (χ2n) is 4.81. The van der Waals surface area contributed by atoms with Crippen LogP contribution in [-0.4, -0.2) is 43.9 Å². The van der Waals surface area contributed by atoms with Crippen LogP contribution in [-0.2, 0) is 16.0 Å². The first-order chi connectivity index (χ1) is 9.06. The van der Waals surface area contributed by atoms with E-state index in [9.17, 15) is 14.7 Å². The molecule has 2 rings (SSSR count). The molecule has 1 N–H and O–H groups in total. The number of aryl methyl sites for hydroxylation is 1. The summed E-state index contributed by atoms with van der Waals surface area (Å²) in [7, 11) is 0. The van der Waals surface area contributed by atoms with Gasteiger partial charge in [-0.2, -0.15) is 0 Å². The van der Waals surface area contributed by atoms with Gasteiger partial charge in [0.05, 0.1) is 5.69 Å². The van der Waals surface area contributed by atoms with Gasteiger partial charge >= 0.3 is 5.97 Å². The highest BCUT2D eigenvalue weighted by atomic mass is 16.4. The first kappa shape index (κ1) is 13.5. The van der Waals surface area contributed by atoms with Crippen LogP contribution in [0, 0.1) is 0 Å². The number of likely N-dealkylation sites (tertiary alicyclic amines) is 1. The minimum atomic E-state index is -1.01. The number of carbonyl (C=O) groups is 2. The number of carboxylic acids is 1. The number of amides is 1. The first-order valence-corrected chi connectivity index (χ1v) is 6.33. The van der Waals surface area contributed by atoms with Gasteiger partial charge in [0.25, 0.3) is 0 Å². The van der Waals surface area contributed by atoms with Crippen LogP contribution in [0.25, 0.3) is 0 Å². The van der Waals surface area contributed by atoms with Gasteiger partial charge in [0.2, 0.25) is 5.91 Å². The molecule has 0 aromatic carbocycles. The zero-order valence-corrected chi connectivity index (χ0v) is 10.9. The number of aliphatic carboxylic acids is 1. The third-order valence-corrected chi connectivity index (χ3v) is 3.68. The van der Waals surface area contributed by atoms with Crippen molar-refractivity contribution in [1.82, 2.24) is 14.9 Å². The number of carboxylic acid groups (broad SMARTS) is 1. The Balaban J connectivity index is 1.96. The molecule has 0 bridgehead atoms. The van der Waals surface area contributed by atoms with Crippen LogP contribution >= 0.6 is 0 Å². The van der Waals surface area contributed by atoms with E-state index in [0.29, 0.717) is 32.2 Å². The van der Waals surface area contributed by atoms with Crippen LogP contribution < -0.4 is 0 Å². The maximum absolute atomic E-state index is 11.4. The summed E-state index contributed by atoms with van der Waals surface area (Å²) >= 11 is 0. The van der Waals surface area contributed by atoms with Gasteiger partial charge in [-0.25, -0.2) is 4.79 Å². The summed E-state index contributed by atoms with van der Waals surface area (Å²) < 4.78 is 0. The largest absolute Gasteiger partial charge is 0.479 e. The Hall–Kier alpha value is -1.98. The number of hydrogen-bond donors (Lipinski definition) is 1. The minimum absolute atomic E-state index is 0.173. The van der Waals surface area contributed by atoms with Crippen LogP contribution in [0.5, 0.6) is 0 Å². The summed E-state index contributed by atoms with van der Waals surface area (Å²) in [6.07, 6.45) is 7.24. The summed E-state index contributed by atoms with van der Waals surface area (Å²) in [4.78, 5) is 32.4. The zero-order chi connectivity index (χ0) is 13.9. The predicted octanol–water partition coefficient (Wildman–Crippen LogP) is 0.875. The van der Waals surface area contributed by atoms with E-state index in [-0.39, 0.29) is 5.91 Å². The van der Waals surface area contributed by atoms with Crippen LogP contribution in [0.15, 0.2) is 18.6 Å². The Kier molecular flexibility index (Phi) is 3.78. The van der Waals surface area contributed by atoms with Gasteiger partial charge in [-0.3, -0.25) is 14.8 Å². The Morgan fingerprint density at radius 1 is 1.47 bits per heavy atom. The third-order valence-electron chi connectivity index (χ3n) is 3.68. The van der Waals surface area contributed by atoms with Gasteiger partial charge in [-0.1, -0.05) is 0 Å². The van der Waals surface area contributed by atoms with Crippen LogP contribution in [0.3, 0.4) is 0 Å². The molecule has 0 saturated carbocycles. The van der Waals surface area contributed by atoms with Crippen molar-refractivity contribution < 1.29 is 14.7 Å². The molecule has 0 aliphatic carbocycles. The molecule has 6 heteroatoms. The number of nitrogens with zero attached hydrogens (tertiary/aromatic N) is 3. The van der Waals surface area contributed by atoms with E-state index < -0.39 is 11.5 Å². The fourth-order valence-electron chi connectivity index (χ4n) is 2.56. The summed E-state index contributed by atoms with van der Waals surface area (Å²) in [5, 5.41) is 9.38. The summed E-state index contributed by atoms with van der Waals surface area (Å²) in [5.74, 6) is -1.08. The van der Waals surface area contributed by atoms with Crippen molar-refractivity contribution in [2.75, 3.05) is 6.54 Å². The van der Waals surface area contributed by atoms with Crippen molar-refractivity contribution >= 4 is 11.9 Å². The molecule has 0 unspecified atom stereocenters. The topological polar surface area (TPSA) is 83.4 Å². The SMILES string of the molecule is CC(=O)N1CC[C@@]1(CCCc1cnccn1)C(=O)O. The first-order valence-electron chi connectivity index (χ1n) is 6.33. The molecule has 1 atom stereocenters. The van der Waals surface area contributed by atoms with Crippen LogP contribution in [0.2, 0.25) is 0 Å². The van der Waals surface area contributed by atoms with Crippen LogP contribution in [0.4, 0.5) is 0 Å². The van der Waals surface area contributed by atoms with Gasteiger partial charge in [0.1, 0.15) is 5.54 Å². The smallest absolute Gasteiger partial charge is 0.329 e. The average molecular weight is 263 g/mol. The molecule has 19 heavy (non-hydrogen) atoms. The Bertz CT molecular complexity index is 477. The summed E-state index contributed by atoms with van der Waals surface area (Å²) in [6.45, 7) is 1.95. The van der Waals surface area contributed by atoms with Crippen LogP contribution in [0.1, 0.15) is 31.9 Å². The van der Waals surface area contributed by atoms with Crippen molar-refractivity contribution in [3.63, 3.8) is 0 Å². The van der Waals surface area contributed by atoms with E-state index in [1.807, 2.05) is 0 Å². The van der Waals surface area contributed by atoms with Gasteiger partial charge in [-0.15, -0.1) is 0 Å². The molecule has 1 amide bonds. The van der Waals surface area contributed by atoms with E-state index in [1.165, 1.54) is 11.8 Å². The van der Waals surface area contributed by atoms with E-state index in [1.54, 1.807) is 18.6 Å². The molecule has 2 heterocycles. The Labute approximate surface area is 111 Å². The second-order valence-corrected chi connectivity index (χ2v) is 4.81. The minimum Gasteiger partial charge on any atom is -0.479 e. The predicted molar refractivity (Wildman–Crippen MR) is 67.3 cm³/mol. The lowest BCUT2D eigenvalue weighted by Gasteiger charge is -2.49. The monoisotopic (exact) mass is 263 g/mol. The van der Waals surface area contributed by atoms with E-state index in [4.69, 9.17) is 0 Å². The quantitative estimate of drug-likeness (QED) is 0.852. The van der Waals surface area contributed by atoms with Gasteiger partial charge in [0, 0.05) is 32.1 Å². The van der Waals surface area contributed by atoms with E-state index >= 15 is 0 Å². The molecule has 102 valence electrons. The van der Waals surface area contributed by atoms with Crippen molar-refractivity contribution in [2.24, 2.45) is 0 Å². The van der Waals surface area contributed by atoms with E-state index in [0.717, 1.165) is 5.69 Å². The lowest BCUT2D eigenvalue weighted by Crippen LogP contribution is -2.66. The Morgan fingerprint density at radius 3 is 2.74 bits per heavy atom. The van der Waals surface area contributed by atoms with Gasteiger partial charge < -0.3 is 10.0 Å². The molecule has 1 aliphatic heterocycles. The van der Waals surface area contributed by atoms with Crippen molar-refractivity contribution in [1.29, 1.82) is 0 Å². The van der Waals surface area contributed by atoms with Gasteiger partial charge in [-0.05, 0) is 25.7 Å². The maximum Gasteiger partial charge on any atom is 0.329 e. The highest BCUT2D eigenvalue weighted by molar-refractivity contribution is 5.88. The van der Waals surface area contributed by atoms with Crippen molar-refractivity contribution in [3.8, 4) is 0 Å². The molecular weight excluding hydrogens is 246 g/mol. The molecule has 1 aliphatic rings. The number of hydrogen-bond acceptors (Lipinski definition) is 4. The molecule has 1 saturated heterocycles. The van der Waals surface area contributed by atoms with Gasteiger partial charge in [0.15, 0.2) is 0 Å². The molecule has 0 radical (unpaired) electrons. The summed E-state index contributed by atoms with van der Waals surface area (Å²) in [6, 6.07) is 0. The normalized spacial score (nSPS) is 21.8. The number of carbonyl (C=O) groups excluding carboxylic acids is 1. The number of aromatic nitrogens is 2. The second kappa shape index (κ2) is 5.34. The summed E-state index contributed by atoms with van der Waals surface area (Å²) in [5.41, 5.74) is -0.162. The fraction of sp³-hybridized carbons (Fsp3) is 0.538. The number of rotatable bonds is 5. The molecule has 6 nitrogen and oxygen atoms in total. The molecule has 1 aromatic rings. The third kappa shape index (κ3) is 2.57.